The van der Waals surface area contributed by atoms with Crippen LogP contribution in [-0.2, 0) is 22.6 Å². The fourth-order valence-corrected chi connectivity index (χ4v) is 3.32. The van der Waals surface area contributed by atoms with Crippen LogP contribution in [0, 0.1) is 20.8 Å². The van der Waals surface area contributed by atoms with E-state index in [1.165, 1.54) is 0 Å². The molecule has 2 amide bonds. The van der Waals surface area contributed by atoms with Gasteiger partial charge in [-0.2, -0.15) is 0 Å². The molecule has 0 radical (unpaired) electrons. The van der Waals surface area contributed by atoms with E-state index in [9.17, 15) is 9.59 Å². The molecule has 0 saturated heterocycles. The van der Waals surface area contributed by atoms with Gasteiger partial charge < -0.3 is 10.2 Å². The second kappa shape index (κ2) is 9.25. The predicted octanol–water partition coefficient (Wildman–Crippen LogP) is 4.49. The Morgan fingerprint density at radius 2 is 1.66 bits per heavy atom. The minimum absolute atomic E-state index is 0.0447. The average molecular weight is 395 g/mol. The van der Waals surface area contributed by atoms with Crippen molar-refractivity contribution in [2.45, 2.75) is 73.0 Å². The molecule has 2 aromatic carbocycles. The van der Waals surface area contributed by atoms with Crippen LogP contribution in [0.1, 0.15) is 55.5 Å². The molecule has 2 rings (SSSR count). The second-order valence-electron chi connectivity index (χ2n) is 9.03. The molecule has 156 valence electrons. The molecular formula is C25H34N2O2. The van der Waals surface area contributed by atoms with Crippen LogP contribution in [0.4, 0.5) is 0 Å². The molecule has 1 atom stereocenters. The number of hydrogen-bond acceptors (Lipinski definition) is 2. The number of carbonyl (C=O) groups excluding carboxylic acids is 2. The normalized spacial score (nSPS) is 12.4. The molecule has 0 aliphatic rings. The average Bonchev–Trinajstić information content (AvgIpc) is 2.60. The first kappa shape index (κ1) is 22.7. The predicted molar refractivity (Wildman–Crippen MR) is 119 cm³/mol. The van der Waals surface area contributed by atoms with Crippen molar-refractivity contribution in [1.29, 1.82) is 0 Å². The summed E-state index contributed by atoms with van der Waals surface area (Å²) in [6.45, 7) is 14.1. The first-order valence-electron chi connectivity index (χ1n) is 10.2. The van der Waals surface area contributed by atoms with Gasteiger partial charge in [-0.1, -0.05) is 53.6 Å². The molecule has 0 aliphatic heterocycles. The molecular weight excluding hydrogens is 360 g/mol. The molecule has 0 bridgehead atoms. The molecule has 0 fully saturated rings. The lowest BCUT2D eigenvalue weighted by molar-refractivity contribution is -0.140. The summed E-state index contributed by atoms with van der Waals surface area (Å²) in [5.74, 6) is -0.184. The summed E-state index contributed by atoms with van der Waals surface area (Å²) in [7, 11) is 0. The summed E-state index contributed by atoms with van der Waals surface area (Å²) in [6.07, 6.45) is 0.284. The maximum atomic E-state index is 13.3. The molecule has 29 heavy (non-hydrogen) atoms. The molecule has 0 heterocycles. The highest BCUT2D eigenvalue weighted by Crippen LogP contribution is 2.17. The van der Waals surface area contributed by atoms with E-state index in [4.69, 9.17) is 0 Å². The maximum Gasteiger partial charge on any atom is 0.242 e. The number of aryl methyl sites for hydroxylation is 3. The van der Waals surface area contributed by atoms with Crippen molar-refractivity contribution in [3.8, 4) is 0 Å². The quantitative estimate of drug-likeness (QED) is 0.785. The first-order chi connectivity index (χ1) is 13.5. The lowest BCUT2D eigenvalue weighted by Gasteiger charge is -2.31. The number of hydrogen-bond donors (Lipinski definition) is 1. The van der Waals surface area contributed by atoms with Gasteiger partial charge in [0.25, 0.3) is 0 Å². The number of benzene rings is 2. The molecule has 4 heteroatoms. The van der Waals surface area contributed by atoms with Crippen LogP contribution in [0.5, 0.6) is 0 Å². The number of nitrogens with zero attached hydrogens (tertiary/aromatic N) is 1. The van der Waals surface area contributed by atoms with E-state index in [2.05, 4.69) is 17.4 Å². The Kier molecular flexibility index (Phi) is 7.23. The third-order valence-corrected chi connectivity index (χ3v) is 4.95. The molecule has 4 nitrogen and oxygen atoms in total. The fourth-order valence-electron chi connectivity index (χ4n) is 3.32. The van der Waals surface area contributed by atoms with Crippen LogP contribution in [0.3, 0.4) is 0 Å². The minimum atomic E-state index is -0.563. The van der Waals surface area contributed by atoms with Crippen molar-refractivity contribution in [2.75, 3.05) is 0 Å². The van der Waals surface area contributed by atoms with E-state index >= 15 is 0 Å². The van der Waals surface area contributed by atoms with Gasteiger partial charge >= 0.3 is 0 Å². The van der Waals surface area contributed by atoms with Gasteiger partial charge in [-0.05, 0) is 65.2 Å². The van der Waals surface area contributed by atoms with Crippen LogP contribution >= 0.6 is 0 Å². The fraction of sp³-hybridized carbons (Fsp3) is 0.440. The third-order valence-electron chi connectivity index (χ3n) is 4.95. The zero-order chi connectivity index (χ0) is 21.8. The van der Waals surface area contributed by atoms with E-state index < -0.39 is 6.04 Å². The maximum absolute atomic E-state index is 13.3. The van der Waals surface area contributed by atoms with Crippen LogP contribution in [0.2, 0.25) is 0 Å². The number of rotatable bonds is 6. The molecule has 0 aliphatic carbocycles. The lowest BCUT2D eigenvalue weighted by Crippen LogP contribution is -2.52. The van der Waals surface area contributed by atoms with Crippen LogP contribution in [0.15, 0.2) is 42.5 Å². The van der Waals surface area contributed by atoms with E-state index in [0.717, 1.165) is 27.8 Å². The van der Waals surface area contributed by atoms with Gasteiger partial charge in [0.2, 0.25) is 11.8 Å². The molecule has 0 saturated carbocycles. The zero-order valence-electron chi connectivity index (χ0n) is 18.8. The van der Waals surface area contributed by atoms with E-state index in [-0.39, 0.29) is 23.8 Å². The molecule has 2 aromatic rings. The Morgan fingerprint density at radius 1 is 1.00 bits per heavy atom. The summed E-state index contributed by atoms with van der Waals surface area (Å²) in [5.41, 5.74) is 5.03. The Labute approximate surface area is 175 Å². The van der Waals surface area contributed by atoms with Crippen molar-refractivity contribution in [2.24, 2.45) is 0 Å². The molecule has 1 N–H and O–H groups in total. The van der Waals surface area contributed by atoms with E-state index in [1.807, 2.05) is 71.9 Å². The van der Waals surface area contributed by atoms with Crippen molar-refractivity contribution < 1.29 is 9.59 Å². The summed E-state index contributed by atoms with van der Waals surface area (Å²) < 4.78 is 0. The van der Waals surface area contributed by atoms with Crippen LogP contribution in [-0.4, -0.2) is 28.3 Å². The Morgan fingerprint density at radius 3 is 2.28 bits per heavy atom. The van der Waals surface area contributed by atoms with Gasteiger partial charge in [0.15, 0.2) is 0 Å². The third kappa shape index (κ3) is 6.74. The zero-order valence-corrected chi connectivity index (χ0v) is 18.8. The summed E-state index contributed by atoms with van der Waals surface area (Å²) in [6, 6.07) is 13.7. The molecule has 1 unspecified atom stereocenters. The van der Waals surface area contributed by atoms with E-state index in [0.29, 0.717) is 6.54 Å². The molecule has 0 spiro atoms. The van der Waals surface area contributed by atoms with Gasteiger partial charge in [-0.15, -0.1) is 0 Å². The number of nitrogens with one attached hydrogen (secondary N) is 1. The first-order valence-corrected chi connectivity index (χ1v) is 10.2. The van der Waals surface area contributed by atoms with E-state index in [1.54, 1.807) is 11.8 Å². The standard InChI is InChI=1S/C25H34N2O2/c1-17-9-8-10-21(13-17)16-27(20(4)24(29)26-25(5,6)7)23(28)15-22-14-18(2)11-12-19(22)3/h8-14,20H,15-16H2,1-7H3,(H,26,29). The minimum Gasteiger partial charge on any atom is -0.350 e. The highest BCUT2D eigenvalue weighted by molar-refractivity contribution is 5.88. The smallest absolute Gasteiger partial charge is 0.242 e. The largest absolute Gasteiger partial charge is 0.350 e. The van der Waals surface area contributed by atoms with Crippen molar-refractivity contribution in [3.05, 3.63) is 70.3 Å². The van der Waals surface area contributed by atoms with Gasteiger partial charge in [0.1, 0.15) is 6.04 Å². The Bertz CT molecular complexity index is 881. The summed E-state index contributed by atoms with van der Waals surface area (Å²) in [4.78, 5) is 27.8. The van der Waals surface area contributed by atoms with Crippen molar-refractivity contribution in [3.63, 3.8) is 0 Å². The van der Waals surface area contributed by atoms with Crippen molar-refractivity contribution in [1.82, 2.24) is 10.2 Å². The topological polar surface area (TPSA) is 49.4 Å². The summed E-state index contributed by atoms with van der Waals surface area (Å²) >= 11 is 0. The highest BCUT2D eigenvalue weighted by atomic mass is 16.2. The van der Waals surface area contributed by atoms with Crippen molar-refractivity contribution >= 4 is 11.8 Å². The summed E-state index contributed by atoms with van der Waals surface area (Å²) in [5, 5.41) is 3.00. The molecule has 0 aromatic heterocycles. The second-order valence-corrected chi connectivity index (χ2v) is 9.03. The lowest BCUT2D eigenvalue weighted by atomic mass is 10.0. The Balaban J connectivity index is 2.30. The monoisotopic (exact) mass is 394 g/mol. The van der Waals surface area contributed by atoms with Crippen LogP contribution < -0.4 is 5.32 Å². The van der Waals surface area contributed by atoms with Gasteiger partial charge in [0, 0.05) is 12.1 Å². The van der Waals surface area contributed by atoms with Gasteiger partial charge in [-0.25, -0.2) is 0 Å². The SMILES string of the molecule is Cc1cccc(CN(C(=O)Cc2cc(C)ccc2C)C(C)C(=O)NC(C)(C)C)c1. The van der Waals surface area contributed by atoms with Gasteiger partial charge in [-0.3, -0.25) is 9.59 Å². The van der Waals surface area contributed by atoms with Gasteiger partial charge in [0.05, 0.1) is 6.42 Å². The van der Waals surface area contributed by atoms with Crippen LogP contribution in [0.25, 0.3) is 0 Å². The number of carbonyl (C=O) groups is 2. The number of amides is 2. The Hall–Kier alpha value is -2.62. The highest BCUT2D eigenvalue weighted by Gasteiger charge is 2.28.